The Balaban J connectivity index is 2.24. The number of hydrogen-bond donors (Lipinski definition) is 1. The Kier molecular flexibility index (Phi) is 4.29. The zero-order chi connectivity index (χ0) is 14.7. The van der Waals surface area contributed by atoms with Crippen LogP contribution < -0.4 is 10.5 Å². The van der Waals surface area contributed by atoms with Crippen LogP contribution in [-0.4, -0.2) is 4.99 Å². The van der Waals surface area contributed by atoms with Gasteiger partial charge in [0.2, 0.25) is 0 Å². The molecular formula is C15H13F2NOS. The minimum absolute atomic E-state index is 0.00912. The number of nitrogens with two attached hydrogens (primary N) is 1. The van der Waals surface area contributed by atoms with E-state index in [-0.39, 0.29) is 17.3 Å². The van der Waals surface area contributed by atoms with Crippen LogP contribution in [0.5, 0.6) is 5.75 Å². The third-order valence-corrected chi connectivity index (χ3v) is 3.09. The van der Waals surface area contributed by atoms with E-state index in [1.54, 1.807) is 19.1 Å². The van der Waals surface area contributed by atoms with Crippen LogP contribution in [0, 0.1) is 18.6 Å². The third kappa shape index (κ3) is 3.11. The van der Waals surface area contributed by atoms with E-state index < -0.39 is 11.6 Å². The summed E-state index contributed by atoms with van der Waals surface area (Å²) in [5.74, 6) is -0.739. The third-order valence-electron chi connectivity index (χ3n) is 2.87. The molecule has 0 amide bonds. The highest BCUT2D eigenvalue weighted by Gasteiger charge is 2.10. The summed E-state index contributed by atoms with van der Waals surface area (Å²) >= 11 is 4.90. The van der Waals surface area contributed by atoms with Crippen molar-refractivity contribution in [3.8, 4) is 5.75 Å². The van der Waals surface area contributed by atoms with Gasteiger partial charge in [-0.25, -0.2) is 8.78 Å². The highest BCUT2D eigenvalue weighted by Crippen LogP contribution is 2.22. The van der Waals surface area contributed by atoms with Gasteiger partial charge >= 0.3 is 0 Å². The molecule has 0 aromatic heterocycles. The highest BCUT2D eigenvalue weighted by molar-refractivity contribution is 7.80. The molecule has 0 atom stereocenters. The quantitative estimate of drug-likeness (QED) is 0.877. The maximum absolute atomic E-state index is 13.8. The van der Waals surface area contributed by atoms with Gasteiger partial charge in [0.25, 0.3) is 0 Å². The molecule has 5 heteroatoms. The molecule has 0 heterocycles. The first-order valence-electron chi connectivity index (χ1n) is 5.95. The highest BCUT2D eigenvalue weighted by atomic mass is 32.1. The van der Waals surface area contributed by atoms with Crippen molar-refractivity contribution in [3.63, 3.8) is 0 Å². The van der Waals surface area contributed by atoms with Crippen molar-refractivity contribution in [2.24, 2.45) is 5.73 Å². The summed E-state index contributed by atoms with van der Waals surface area (Å²) in [6, 6.07) is 8.89. The summed E-state index contributed by atoms with van der Waals surface area (Å²) < 4.78 is 32.5. The van der Waals surface area contributed by atoms with E-state index in [0.29, 0.717) is 16.7 Å². The topological polar surface area (TPSA) is 35.2 Å². The zero-order valence-corrected chi connectivity index (χ0v) is 11.6. The molecule has 2 aromatic rings. The largest absolute Gasteiger partial charge is 0.486 e. The van der Waals surface area contributed by atoms with Crippen molar-refractivity contribution in [1.29, 1.82) is 0 Å². The van der Waals surface area contributed by atoms with Crippen molar-refractivity contribution in [2.75, 3.05) is 0 Å². The molecule has 0 fully saturated rings. The summed E-state index contributed by atoms with van der Waals surface area (Å²) in [5, 5.41) is 0. The Morgan fingerprint density at radius 1 is 1.25 bits per heavy atom. The fraction of sp³-hybridized carbons (Fsp3) is 0.133. The van der Waals surface area contributed by atoms with Crippen LogP contribution in [0.3, 0.4) is 0 Å². The van der Waals surface area contributed by atoms with E-state index in [0.717, 1.165) is 0 Å². The monoisotopic (exact) mass is 293 g/mol. The van der Waals surface area contributed by atoms with Gasteiger partial charge in [-0.05, 0) is 36.8 Å². The van der Waals surface area contributed by atoms with Gasteiger partial charge in [0.15, 0.2) is 11.6 Å². The molecule has 2 aromatic carbocycles. The predicted octanol–water partition coefficient (Wildman–Crippen LogP) is 3.49. The number of halogens is 2. The fourth-order valence-corrected chi connectivity index (χ4v) is 2.01. The van der Waals surface area contributed by atoms with Gasteiger partial charge in [-0.15, -0.1) is 0 Å². The van der Waals surface area contributed by atoms with Crippen LogP contribution in [0.1, 0.15) is 16.7 Å². The number of ether oxygens (including phenoxy) is 1. The van der Waals surface area contributed by atoms with Crippen LogP contribution in [0.15, 0.2) is 36.4 Å². The molecule has 20 heavy (non-hydrogen) atoms. The summed E-state index contributed by atoms with van der Waals surface area (Å²) in [5.41, 5.74) is 7.06. The predicted molar refractivity (Wildman–Crippen MR) is 77.8 cm³/mol. The van der Waals surface area contributed by atoms with Gasteiger partial charge < -0.3 is 10.5 Å². The van der Waals surface area contributed by atoms with Crippen LogP contribution >= 0.6 is 12.2 Å². The number of hydrogen-bond acceptors (Lipinski definition) is 2. The lowest BCUT2D eigenvalue weighted by molar-refractivity contribution is 0.289. The molecule has 0 saturated carbocycles. The zero-order valence-electron chi connectivity index (χ0n) is 10.8. The molecule has 0 bridgehead atoms. The molecule has 0 aliphatic rings. The molecular weight excluding hydrogens is 280 g/mol. The second-order valence-corrected chi connectivity index (χ2v) is 4.78. The van der Waals surface area contributed by atoms with Gasteiger partial charge in [-0.3, -0.25) is 0 Å². The van der Waals surface area contributed by atoms with Gasteiger partial charge in [0.05, 0.1) is 0 Å². The van der Waals surface area contributed by atoms with Crippen LogP contribution in [-0.2, 0) is 6.61 Å². The molecule has 0 unspecified atom stereocenters. The van der Waals surface area contributed by atoms with E-state index in [1.807, 2.05) is 0 Å². The summed E-state index contributed by atoms with van der Waals surface area (Å²) in [4.78, 5) is 0.147. The Labute approximate surface area is 121 Å². The van der Waals surface area contributed by atoms with Crippen LogP contribution in [0.2, 0.25) is 0 Å². The maximum Gasteiger partial charge on any atom is 0.167 e. The van der Waals surface area contributed by atoms with Gasteiger partial charge in [-0.1, -0.05) is 24.4 Å². The molecule has 0 saturated heterocycles. The van der Waals surface area contributed by atoms with E-state index in [9.17, 15) is 8.78 Å². The van der Waals surface area contributed by atoms with Crippen molar-refractivity contribution < 1.29 is 13.5 Å². The van der Waals surface area contributed by atoms with E-state index >= 15 is 0 Å². The van der Waals surface area contributed by atoms with E-state index in [2.05, 4.69) is 0 Å². The number of aryl methyl sites for hydroxylation is 1. The Morgan fingerprint density at radius 2 is 2.00 bits per heavy atom. The molecule has 0 radical (unpaired) electrons. The first-order chi connectivity index (χ1) is 9.49. The number of thiocarbonyl (C=S) groups is 1. The SMILES string of the molecule is Cc1cccc(OCc2cc(F)ccc2C(N)=S)c1F. The molecule has 2 rings (SSSR count). The Morgan fingerprint density at radius 3 is 2.70 bits per heavy atom. The van der Waals surface area contributed by atoms with Gasteiger partial charge in [-0.2, -0.15) is 0 Å². The second-order valence-electron chi connectivity index (χ2n) is 4.34. The standard InChI is InChI=1S/C15H13F2NOS/c1-9-3-2-4-13(14(9)17)19-8-10-7-11(16)5-6-12(10)15(18)20/h2-7H,8H2,1H3,(H2,18,20). The minimum Gasteiger partial charge on any atom is -0.486 e. The molecule has 2 nitrogen and oxygen atoms in total. The lowest BCUT2D eigenvalue weighted by atomic mass is 10.1. The van der Waals surface area contributed by atoms with Crippen LogP contribution in [0.4, 0.5) is 8.78 Å². The van der Waals surface area contributed by atoms with Crippen molar-refractivity contribution in [2.45, 2.75) is 13.5 Å². The van der Waals surface area contributed by atoms with Gasteiger partial charge in [0.1, 0.15) is 17.4 Å². The summed E-state index contributed by atoms with van der Waals surface area (Å²) in [6.07, 6.45) is 0. The normalized spacial score (nSPS) is 10.3. The first kappa shape index (κ1) is 14.4. The van der Waals surface area contributed by atoms with E-state index in [4.69, 9.17) is 22.7 Å². The van der Waals surface area contributed by atoms with Crippen molar-refractivity contribution in [3.05, 3.63) is 64.7 Å². The fourth-order valence-electron chi connectivity index (χ4n) is 1.81. The minimum atomic E-state index is -0.430. The summed E-state index contributed by atoms with van der Waals surface area (Å²) in [7, 11) is 0. The smallest absolute Gasteiger partial charge is 0.167 e. The lowest BCUT2D eigenvalue weighted by Gasteiger charge is -2.11. The molecule has 0 spiro atoms. The van der Waals surface area contributed by atoms with Gasteiger partial charge in [0, 0.05) is 11.1 Å². The lowest BCUT2D eigenvalue weighted by Crippen LogP contribution is -2.14. The molecule has 104 valence electrons. The van der Waals surface area contributed by atoms with Crippen molar-refractivity contribution in [1.82, 2.24) is 0 Å². The number of benzene rings is 2. The van der Waals surface area contributed by atoms with Crippen LogP contribution in [0.25, 0.3) is 0 Å². The Bertz CT molecular complexity index is 658. The van der Waals surface area contributed by atoms with Crippen molar-refractivity contribution >= 4 is 17.2 Å². The van der Waals surface area contributed by atoms with E-state index in [1.165, 1.54) is 24.3 Å². The average molecular weight is 293 g/mol. The first-order valence-corrected chi connectivity index (χ1v) is 6.36. The average Bonchev–Trinajstić information content (AvgIpc) is 2.40. The summed E-state index contributed by atoms with van der Waals surface area (Å²) in [6.45, 7) is 1.63. The molecule has 2 N–H and O–H groups in total. The Hall–Kier alpha value is -2.01. The maximum atomic E-state index is 13.8. The molecule has 0 aliphatic carbocycles. The second kappa shape index (κ2) is 5.96. The number of rotatable bonds is 4. The molecule has 0 aliphatic heterocycles.